The molecule has 154 valence electrons. The van der Waals surface area contributed by atoms with Gasteiger partial charge in [0.1, 0.15) is 12.1 Å². The van der Waals surface area contributed by atoms with Gasteiger partial charge in [-0.05, 0) is 42.8 Å². The SMILES string of the molecule is Cc1cc(C)n(-c2cc(NCCNS(=O)(=O)c3ccc4ccccc4c3)ncn2)n1. The van der Waals surface area contributed by atoms with Crippen molar-refractivity contribution in [1.82, 2.24) is 24.5 Å². The first-order valence-corrected chi connectivity index (χ1v) is 11.0. The summed E-state index contributed by atoms with van der Waals surface area (Å²) in [6, 6.07) is 16.5. The van der Waals surface area contributed by atoms with Crippen LogP contribution in [0.15, 0.2) is 65.8 Å². The topological polar surface area (TPSA) is 102 Å². The van der Waals surface area contributed by atoms with Crippen LogP contribution in [0.25, 0.3) is 16.6 Å². The minimum atomic E-state index is -3.60. The predicted molar refractivity (Wildman–Crippen MR) is 116 cm³/mol. The van der Waals surface area contributed by atoms with E-state index in [0.29, 0.717) is 18.2 Å². The largest absolute Gasteiger partial charge is 0.369 e. The van der Waals surface area contributed by atoms with Crippen LogP contribution in [0.2, 0.25) is 0 Å². The maximum Gasteiger partial charge on any atom is 0.240 e. The van der Waals surface area contributed by atoms with Gasteiger partial charge in [-0.3, -0.25) is 0 Å². The smallest absolute Gasteiger partial charge is 0.240 e. The van der Waals surface area contributed by atoms with Crippen molar-refractivity contribution in [3.63, 3.8) is 0 Å². The summed E-state index contributed by atoms with van der Waals surface area (Å²) in [4.78, 5) is 8.69. The molecule has 0 saturated heterocycles. The lowest BCUT2D eigenvalue weighted by atomic mass is 10.1. The molecule has 4 rings (SSSR count). The zero-order chi connectivity index (χ0) is 21.1. The number of aryl methyl sites for hydroxylation is 2. The van der Waals surface area contributed by atoms with Gasteiger partial charge in [-0.25, -0.2) is 27.8 Å². The standard InChI is InChI=1S/C21H22N6O2S/c1-15-11-16(2)27(26-15)21-13-20(23-14-24-21)22-9-10-25-30(28,29)19-8-7-17-5-3-4-6-18(17)12-19/h3-8,11-14,25H,9-10H2,1-2H3,(H,22,23,24). The number of hydrogen-bond donors (Lipinski definition) is 2. The van der Waals surface area contributed by atoms with E-state index in [0.717, 1.165) is 22.2 Å². The Morgan fingerprint density at radius 3 is 2.50 bits per heavy atom. The van der Waals surface area contributed by atoms with E-state index in [4.69, 9.17) is 0 Å². The van der Waals surface area contributed by atoms with Crippen molar-refractivity contribution in [3.05, 3.63) is 72.3 Å². The third-order valence-corrected chi connectivity index (χ3v) is 6.09. The Labute approximate surface area is 175 Å². The Balaban J connectivity index is 1.38. The normalized spacial score (nSPS) is 11.7. The zero-order valence-electron chi connectivity index (χ0n) is 16.7. The third kappa shape index (κ3) is 4.32. The molecule has 0 atom stereocenters. The van der Waals surface area contributed by atoms with E-state index in [1.165, 1.54) is 6.33 Å². The Kier molecular flexibility index (Phi) is 5.47. The lowest BCUT2D eigenvalue weighted by Crippen LogP contribution is -2.29. The summed E-state index contributed by atoms with van der Waals surface area (Å²) >= 11 is 0. The van der Waals surface area contributed by atoms with Crippen LogP contribution < -0.4 is 10.0 Å². The fraction of sp³-hybridized carbons (Fsp3) is 0.190. The van der Waals surface area contributed by atoms with Crippen molar-refractivity contribution in [2.45, 2.75) is 18.7 Å². The van der Waals surface area contributed by atoms with Crippen molar-refractivity contribution < 1.29 is 8.42 Å². The molecule has 0 saturated carbocycles. The van der Waals surface area contributed by atoms with Gasteiger partial charge in [-0.2, -0.15) is 5.10 Å². The second kappa shape index (κ2) is 8.21. The summed E-state index contributed by atoms with van der Waals surface area (Å²) in [5.41, 5.74) is 1.88. The molecule has 0 amide bonds. The summed E-state index contributed by atoms with van der Waals surface area (Å²) < 4.78 is 29.5. The number of sulfonamides is 1. The third-order valence-electron chi connectivity index (χ3n) is 4.63. The molecule has 2 aromatic heterocycles. The molecule has 0 spiro atoms. The van der Waals surface area contributed by atoms with Crippen LogP contribution in [-0.2, 0) is 10.0 Å². The lowest BCUT2D eigenvalue weighted by molar-refractivity contribution is 0.583. The van der Waals surface area contributed by atoms with Crippen molar-refractivity contribution in [1.29, 1.82) is 0 Å². The first kappa shape index (κ1) is 20.0. The number of rotatable bonds is 7. The fourth-order valence-electron chi connectivity index (χ4n) is 3.21. The molecule has 2 N–H and O–H groups in total. The van der Waals surface area contributed by atoms with E-state index < -0.39 is 10.0 Å². The van der Waals surface area contributed by atoms with Crippen LogP contribution in [0, 0.1) is 13.8 Å². The second-order valence-electron chi connectivity index (χ2n) is 6.93. The van der Waals surface area contributed by atoms with E-state index in [1.54, 1.807) is 22.9 Å². The summed E-state index contributed by atoms with van der Waals surface area (Å²) in [5.74, 6) is 1.24. The van der Waals surface area contributed by atoms with E-state index >= 15 is 0 Å². The Bertz CT molecular complexity index is 1300. The first-order chi connectivity index (χ1) is 14.4. The van der Waals surface area contributed by atoms with Gasteiger partial charge in [0.25, 0.3) is 0 Å². The molecule has 8 nitrogen and oxygen atoms in total. The van der Waals surface area contributed by atoms with Crippen LogP contribution in [0.5, 0.6) is 0 Å². The quantitative estimate of drug-likeness (QED) is 0.444. The minimum absolute atomic E-state index is 0.217. The highest BCUT2D eigenvalue weighted by Gasteiger charge is 2.14. The zero-order valence-corrected chi connectivity index (χ0v) is 17.5. The first-order valence-electron chi connectivity index (χ1n) is 9.50. The summed E-state index contributed by atoms with van der Waals surface area (Å²) in [6.07, 6.45) is 1.45. The molecule has 9 heteroatoms. The van der Waals surface area contributed by atoms with Crippen LogP contribution in [0.4, 0.5) is 5.82 Å². The number of hydrogen-bond acceptors (Lipinski definition) is 6. The lowest BCUT2D eigenvalue weighted by Gasteiger charge is -2.10. The molecule has 2 aromatic carbocycles. The van der Waals surface area contributed by atoms with Gasteiger partial charge < -0.3 is 5.32 Å². The van der Waals surface area contributed by atoms with Crippen LogP contribution in [0.1, 0.15) is 11.4 Å². The van der Waals surface area contributed by atoms with Crippen LogP contribution >= 0.6 is 0 Å². The number of anilines is 1. The molecule has 4 aromatic rings. The van der Waals surface area contributed by atoms with Gasteiger partial charge in [0, 0.05) is 24.8 Å². The van der Waals surface area contributed by atoms with Gasteiger partial charge in [-0.1, -0.05) is 30.3 Å². The monoisotopic (exact) mass is 422 g/mol. The maximum absolute atomic E-state index is 12.6. The van der Waals surface area contributed by atoms with E-state index in [1.807, 2.05) is 50.2 Å². The van der Waals surface area contributed by atoms with Gasteiger partial charge >= 0.3 is 0 Å². The van der Waals surface area contributed by atoms with Crippen LogP contribution in [0.3, 0.4) is 0 Å². The highest BCUT2D eigenvalue weighted by atomic mass is 32.2. The number of benzene rings is 2. The Hall–Kier alpha value is -3.30. The molecular formula is C21H22N6O2S. The molecule has 0 aliphatic carbocycles. The van der Waals surface area contributed by atoms with Crippen molar-refractivity contribution in [2.24, 2.45) is 0 Å². The van der Waals surface area contributed by atoms with E-state index in [2.05, 4.69) is 25.1 Å². The van der Waals surface area contributed by atoms with Gasteiger partial charge in [0.05, 0.1) is 10.6 Å². The van der Waals surface area contributed by atoms with Crippen LogP contribution in [-0.4, -0.2) is 41.3 Å². The van der Waals surface area contributed by atoms with Gasteiger partial charge in [0.15, 0.2) is 5.82 Å². The molecule has 0 aliphatic heterocycles. The average Bonchev–Trinajstić information content (AvgIpc) is 3.09. The number of aromatic nitrogens is 4. The van der Waals surface area contributed by atoms with E-state index in [-0.39, 0.29) is 11.4 Å². The molecule has 0 radical (unpaired) electrons. The minimum Gasteiger partial charge on any atom is -0.369 e. The summed E-state index contributed by atoms with van der Waals surface area (Å²) in [6.45, 7) is 4.47. The highest BCUT2D eigenvalue weighted by molar-refractivity contribution is 7.89. The van der Waals surface area contributed by atoms with E-state index in [9.17, 15) is 8.42 Å². The predicted octanol–water partition coefficient (Wildman–Crippen LogP) is 2.82. The molecule has 30 heavy (non-hydrogen) atoms. The molecular weight excluding hydrogens is 400 g/mol. The Morgan fingerprint density at radius 1 is 0.933 bits per heavy atom. The summed E-state index contributed by atoms with van der Waals surface area (Å²) in [7, 11) is -3.60. The highest BCUT2D eigenvalue weighted by Crippen LogP contribution is 2.18. The average molecular weight is 423 g/mol. The molecule has 0 aliphatic rings. The van der Waals surface area contributed by atoms with Crippen molar-refractivity contribution in [2.75, 3.05) is 18.4 Å². The van der Waals surface area contributed by atoms with Crippen molar-refractivity contribution >= 4 is 26.6 Å². The number of fused-ring (bicyclic) bond motifs is 1. The summed E-state index contributed by atoms with van der Waals surface area (Å²) in [5, 5.41) is 9.41. The second-order valence-corrected chi connectivity index (χ2v) is 8.70. The molecule has 0 unspecified atom stereocenters. The van der Waals surface area contributed by atoms with Gasteiger partial charge in [-0.15, -0.1) is 0 Å². The fourth-order valence-corrected chi connectivity index (χ4v) is 4.28. The number of nitrogens with one attached hydrogen (secondary N) is 2. The maximum atomic E-state index is 12.6. The number of nitrogens with zero attached hydrogens (tertiary/aromatic N) is 4. The van der Waals surface area contributed by atoms with Crippen molar-refractivity contribution in [3.8, 4) is 5.82 Å². The molecule has 0 fully saturated rings. The molecule has 0 bridgehead atoms. The van der Waals surface area contributed by atoms with Gasteiger partial charge in [0.2, 0.25) is 10.0 Å². The Morgan fingerprint density at radius 2 is 1.73 bits per heavy atom. The molecule has 2 heterocycles.